The quantitative estimate of drug-likeness (QED) is 0.778. The largest absolute Gasteiger partial charge is 0.466 e. The summed E-state index contributed by atoms with van der Waals surface area (Å²) in [6.45, 7) is 1.63. The molecular weight excluding hydrogens is 249 g/mol. The van der Waals surface area contributed by atoms with Gasteiger partial charge in [0.25, 0.3) is 0 Å². The Morgan fingerprint density at radius 1 is 1.56 bits per heavy atom. The van der Waals surface area contributed by atoms with Crippen LogP contribution < -0.4 is 0 Å². The molecule has 0 aliphatic carbocycles. The molecule has 0 saturated carbocycles. The maximum atomic E-state index is 12.8. The number of hydrogen-bond donors (Lipinski definition) is 0. The van der Waals surface area contributed by atoms with Gasteiger partial charge in [0.2, 0.25) is 0 Å². The van der Waals surface area contributed by atoms with Crippen LogP contribution in [0.15, 0.2) is 12.3 Å². The molecule has 0 N–H and O–H groups in total. The number of alkyl halides is 3. The van der Waals surface area contributed by atoms with Gasteiger partial charge in [-0.1, -0.05) is 0 Å². The average Bonchev–Trinajstić information content (AvgIpc) is 2.27. The molecule has 0 fully saturated rings. The zero-order chi connectivity index (χ0) is 13.8. The van der Waals surface area contributed by atoms with Crippen LogP contribution >= 0.6 is 0 Å². The Balaban J connectivity index is 3.20. The normalized spacial score (nSPS) is 10.8. The smallest absolute Gasteiger partial charge is 0.419 e. The predicted molar refractivity (Wildman–Crippen MR) is 54.3 cm³/mol. The summed E-state index contributed by atoms with van der Waals surface area (Å²) in [7, 11) is 0. The molecule has 0 aliphatic rings. The SMILES string of the molecule is CCOC(=O)Cc1ccnc(C#N)c1C(F)(F)F. The Morgan fingerprint density at radius 2 is 2.22 bits per heavy atom. The molecule has 7 heteroatoms. The van der Waals surface area contributed by atoms with Crippen molar-refractivity contribution in [1.82, 2.24) is 4.98 Å². The average molecular weight is 258 g/mol. The van der Waals surface area contributed by atoms with E-state index in [0.717, 1.165) is 12.3 Å². The molecule has 1 aromatic rings. The Morgan fingerprint density at radius 3 is 2.72 bits per heavy atom. The van der Waals surface area contributed by atoms with Gasteiger partial charge < -0.3 is 4.74 Å². The summed E-state index contributed by atoms with van der Waals surface area (Å²) in [6, 6.07) is 2.42. The molecule has 1 heterocycles. The third-order valence-corrected chi connectivity index (χ3v) is 2.07. The minimum Gasteiger partial charge on any atom is -0.466 e. The minimum absolute atomic E-state index is 0.0797. The van der Waals surface area contributed by atoms with E-state index in [9.17, 15) is 18.0 Å². The van der Waals surface area contributed by atoms with Gasteiger partial charge in [-0.15, -0.1) is 0 Å². The molecule has 96 valence electrons. The van der Waals surface area contributed by atoms with E-state index in [1.54, 1.807) is 6.92 Å². The molecule has 4 nitrogen and oxygen atoms in total. The number of rotatable bonds is 3. The molecule has 1 aromatic heterocycles. The van der Waals surface area contributed by atoms with Gasteiger partial charge in [0.1, 0.15) is 6.07 Å². The number of ether oxygens (including phenoxy) is 1. The van der Waals surface area contributed by atoms with Crippen LogP contribution in [0.5, 0.6) is 0 Å². The summed E-state index contributed by atoms with van der Waals surface area (Å²) in [5, 5.41) is 8.62. The fourth-order valence-electron chi connectivity index (χ4n) is 1.42. The molecule has 0 bridgehead atoms. The van der Waals surface area contributed by atoms with Gasteiger partial charge in [0.15, 0.2) is 5.69 Å². The molecule has 0 atom stereocenters. The van der Waals surface area contributed by atoms with Gasteiger partial charge >= 0.3 is 12.1 Å². The number of hydrogen-bond acceptors (Lipinski definition) is 4. The molecular formula is C11H9F3N2O2. The van der Waals surface area contributed by atoms with Gasteiger partial charge in [-0.25, -0.2) is 4.98 Å². The van der Waals surface area contributed by atoms with E-state index in [4.69, 9.17) is 5.26 Å². The lowest BCUT2D eigenvalue weighted by Crippen LogP contribution is -2.16. The molecule has 0 aliphatic heterocycles. The summed E-state index contributed by atoms with van der Waals surface area (Å²) < 4.78 is 42.9. The Labute approximate surface area is 101 Å². The van der Waals surface area contributed by atoms with E-state index < -0.39 is 29.8 Å². The highest BCUT2D eigenvalue weighted by molar-refractivity contribution is 5.73. The van der Waals surface area contributed by atoms with Gasteiger partial charge in [0, 0.05) is 6.20 Å². The van der Waals surface area contributed by atoms with Gasteiger partial charge in [-0.3, -0.25) is 4.79 Å². The number of nitrogens with zero attached hydrogens (tertiary/aromatic N) is 2. The molecule has 1 rings (SSSR count). The van der Waals surface area contributed by atoms with Crippen LogP contribution in [0.1, 0.15) is 23.7 Å². The zero-order valence-electron chi connectivity index (χ0n) is 9.41. The second-order valence-electron chi connectivity index (χ2n) is 3.29. The second-order valence-corrected chi connectivity index (χ2v) is 3.29. The Bertz CT molecular complexity index is 492. The fourth-order valence-corrected chi connectivity index (χ4v) is 1.42. The maximum Gasteiger partial charge on any atom is 0.419 e. The molecule has 0 amide bonds. The summed E-state index contributed by atoms with van der Waals surface area (Å²) >= 11 is 0. The molecule has 0 unspecified atom stereocenters. The van der Waals surface area contributed by atoms with Crippen LogP contribution in [-0.2, 0) is 22.1 Å². The van der Waals surface area contributed by atoms with Crippen LogP contribution in [0.2, 0.25) is 0 Å². The van der Waals surface area contributed by atoms with E-state index in [-0.39, 0.29) is 12.2 Å². The summed E-state index contributed by atoms with van der Waals surface area (Å²) in [5.74, 6) is -0.780. The van der Waals surface area contributed by atoms with Crippen LogP contribution in [0.25, 0.3) is 0 Å². The van der Waals surface area contributed by atoms with Crippen LogP contribution in [0, 0.1) is 11.3 Å². The fraction of sp³-hybridized carbons (Fsp3) is 0.364. The number of carbonyl (C=O) groups is 1. The van der Waals surface area contributed by atoms with E-state index in [1.165, 1.54) is 6.07 Å². The van der Waals surface area contributed by atoms with Crippen molar-refractivity contribution in [3.63, 3.8) is 0 Å². The highest BCUT2D eigenvalue weighted by atomic mass is 19.4. The number of halogens is 3. The van der Waals surface area contributed by atoms with Crippen LogP contribution in [0.3, 0.4) is 0 Å². The monoisotopic (exact) mass is 258 g/mol. The molecule has 18 heavy (non-hydrogen) atoms. The maximum absolute atomic E-state index is 12.8. The first-order chi connectivity index (χ1) is 8.40. The van der Waals surface area contributed by atoms with Gasteiger partial charge in [-0.2, -0.15) is 18.4 Å². The van der Waals surface area contributed by atoms with Crippen molar-refractivity contribution in [2.75, 3.05) is 6.61 Å². The van der Waals surface area contributed by atoms with E-state index in [0.29, 0.717) is 0 Å². The summed E-state index contributed by atoms with van der Waals surface area (Å²) in [6.07, 6.45) is -4.22. The molecule has 0 radical (unpaired) electrons. The van der Waals surface area contributed by atoms with Crippen molar-refractivity contribution in [3.8, 4) is 6.07 Å². The molecule has 0 aromatic carbocycles. The van der Waals surface area contributed by atoms with Crippen molar-refractivity contribution in [2.24, 2.45) is 0 Å². The first-order valence-corrected chi connectivity index (χ1v) is 5.01. The van der Waals surface area contributed by atoms with Gasteiger partial charge in [-0.05, 0) is 18.6 Å². The number of pyridine rings is 1. The zero-order valence-corrected chi connectivity index (χ0v) is 9.41. The standard InChI is InChI=1S/C11H9F3N2O2/c1-2-18-9(17)5-7-3-4-16-8(6-15)10(7)11(12,13)14/h3-4H,2,5H2,1H3. The predicted octanol–water partition coefficient (Wildman–Crippen LogP) is 2.08. The van der Waals surface area contributed by atoms with Crippen molar-refractivity contribution in [2.45, 2.75) is 19.5 Å². The number of esters is 1. The van der Waals surface area contributed by atoms with Crippen molar-refractivity contribution < 1.29 is 22.7 Å². The second kappa shape index (κ2) is 5.49. The van der Waals surface area contributed by atoms with E-state index >= 15 is 0 Å². The lowest BCUT2D eigenvalue weighted by atomic mass is 10.0. The van der Waals surface area contributed by atoms with E-state index in [1.807, 2.05) is 0 Å². The lowest BCUT2D eigenvalue weighted by Gasteiger charge is -2.12. The summed E-state index contributed by atoms with van der Waals surface area (Å²) in [4.78, 5) is 14.5. The van der Waals surface area contributed by atoms with Crippen molar-refractivity contribution in [3.05, 3.63) is 29.1 Å². The van der Waals surface area contributed by atoms with E-state index in [2.05, 4.69) is 9.72 Å². The number of carbonyl (C=O) groups excluding carboxylic acids is 1. The van der Waals surface area contributed by atoms with Crippen molar-refractivity contribution >= 4 is 5.97 Å². The molecule has 0 spiro atoms. The lowest BCUT2D eigenvalue weighted by molar-refractivity contribution is -0.143. The van der Waals surface area contributed by atoms with Crippen LogP contribution in [-0.4, -0.2) is 17.6 Å². The summed E-state index contributed by atoms with van der Waals surface area (Å²) in [5.41, 5.74) is -2.24. The van der Waals surface area contributed by atoms with Crippen molar-refractivity contribution in [1.29, 1.82) is 5.26 Å². The first kappa shape index (κ1) is 14.0. The first-order valence-electron chi connectivity index (χ1n) is 5.01. The highest BCUT2D eigenvalue weighted by Crippen LogP contribution is 2.34. The number of aromatic nitrogens is 1. The Hall–Kier alpha value is -2.10. The third kappa shape index (κ3) is 3.20. The van der Waals surface area contributed by atoms with Crippen LogP contribution in [0.4, 0.5) is 13.2 Å². The number of nitriles is 1. The topological polar surface area (TPSA) is 63.0 Å². The third-order valence-electron chi connectivity index (χ3n) is 2.07. The molecule has 0 saturated heterocycles. The minimum atomic E-state index is -4.73. The Kier molecular flexibility index (Phi) is 4.26. The highest BCUT2D eigenvalue weighted by Gasteiger charge is 2.37. The van der Waals surface area contributed by atoms with Gasteiger partial charge in [0.05, 0.1) is 18.6 Å².